The van der Waals surface area contributed by atoms with Crippen molar-refractivity contribution in [1.29, 1.82) is 0 Å². The molecule has 0 aliphatic heterocycles. The minimum atomic E-state index is -3.26. The first-order valence-corrected chi connectivity index (χ1v) is 23.3. The van der Waals surface area contributed by atoms with E-state index >= 15 is 0 Å². The minimum Gasteiger partial charge on any atom is -0.380 e. The van der Waals surface area contributed by atoms with E-state index in [-0.39, 0.29) is 54.3 Å². The van der Waals surface area contributed by atoms with Crippen molar-refractivity contribution >= 4 is 29.5 Å². The van der Waals surface area contributed by atoms with Crippen LogP contribution in [0.25, 0.3) is 0 Å². The van der Waals surface area contributed by atoms with Crippen molar-refractivity contribution in [3.63, 3.8) is 0 Å². The summed E-state index contributed by atoms with van der Waals surface area (Å²) in [6.45, 7) is 6.13. The molecule has 3 fully saturated rings. The van der Waals surface area contributed by atoms with Crippen LogP contribution in [-0.2, 0) is 43.7 Å². The third-order valence-electron chi connectivity index (χ3n) is 8.20. The van der Waals surface area contributed by atoms with Crippen molar-refractivity contribution in [3.8, 4) is 0 Å². The monoisotopic (exact) mass is 785 g/mol. The molecule has 3 N–H and O–H groups in total. The Labute approximate surface area is 316 Å². The normalized spacial score (nSPS) is 18.4. The SMILES string of the molecule is O=S(=O)(CCNCCN(CCNCCS(=O)(=O)CCOC[C]1[CH][CH][CH][CH]1)CCNCCS(=O)(=O)CCOC[C]1[CH][CH][CH][CH]1)CCOC[C]1[CH][CH][CH][CH]1. The summed E-state index contributed by atoms with van der Waals surface area (Å²) in [4.78, 5) is 2.16. The topological polar surface area (TPSA) is 169 Å². The Morgan fingerprint density at radius 1 is 0.404 bits per heavy atom. The number of nitrogens with one attached hydrogen (secondary N) is 3. The lowest BCUT2D eigenvalue weighted by molar-refractivity contribution is 0.164. The van der Waals surface area contributed by atoms with Gasteiger partial charge in [0.15, 0.2) is 29.5 Å². The molecule has 16 heteroatoms. The second kappa shape index (κ2) is 26.4. The van der Waals surface area contributed by atoms with E-state index in [0.29, 0.717) is 78.7 Å². The van der Waals surface area contributed by atoms with Crippen molar-refractivity contribution in [1.82, 2.24) is 20.9 Å². The van der Waals surface area contributed by atoms with Gasteiger partial charge in [-0.3, -0.25) is 4.90 Å². The molecular weight excluding hydrogens is 729 g/mol. The maximum atomic E-state index is 12.4. The lowest BCUT2D eigenvalue weighted by Crippen LogP contribution is -2.42. The summed E-state index contributed by atoms with van der Waals surface area (Å²) in [7, 11) is -9.78. The van der Waals surface area contributed by atoms with Crippen LogP contribution >= 0.6 is 0 Å². The Bertz CT molecular complexity index is 1090. The molecular formula is C36H57N4O9S3. The summed E-state index contributed by atoms with van der Waals surface area (Å²) < 4.78 is 91.1. The van der Waals surface area contributed by atoms with Gasteiger partial charge in [-0.15, -0.1) is 0 Å². The summed E-state index contributed by atoms with van der Waals surface area (Å²) in [6.07, 6.45) is 23.1. The van der Waals surface area contributed by atoms with Crippen LogP contribution in [0.4, 0.5) is 0 Å². The predicted octanol–water partition coefficient (Wildman–Crippen LogP) is -0.433. The van der Waals surface area contributed by atoms with Gasteiger partial charge in [0, 0.05) is 76.7 Å². The second-order valence-corrected chi connectivity index (χ2v) is 19.5. The summed E-state index contributed by atoms with van der Waals surface area (Å²) in [5.74, 6) is 2.97. The van der Waals surface area contributed by atoms with Crippen molar-refractivity contribution < 1.29 is 39.5 Å². The smallest absolute Gasteiger partial charge is 0.153 e. The number of rotatable bonds is 33. The van der Waals surface area contributed by atoms with Crippen LogP contribution in [0, 0.1) is 94.8 Å². The first-order valence-electron chi connectivity index (χ1n) is 17.8. The van der Waals surface area contributed by atoms with Gasteiger partial charge in [0.1, 0.15) is 0 Å². The van der Waals surface area contributed by atoms with Gasteiger partial charge >= 0.3 is 0 Å². The molecule has 0 aromatic rings. The van der Waals surface area contributed by atoms with Crippen molar-refractivity contribution in [3.05, 3.63) is 94.8 Å². The highest BCUT2D eigenvalue weighted by atomic mass is 32.2. The van der Waals surface area contributed by atoms with E-state index in [4.69, 9.17) is 14.2 Å². The summed E-state index contributed by atoms with van der Waals surface area (Å²) in [6, 6.07) is 0. The molecule has 0 saturated heterocycles. The molecule has 0 bridgehead atoms. The standard InChI is InChI=1S/C36H57N4O9S3/c41-50(42,28-22-47-31-34-7-1-2-8-34)25-16-37-13-19-40(20-14-38-17-26-51(43,44)29-23-48-32-35-9-3-4-10-35)21-15-39-18-27-52(45,46)30-24-49-33-36-11-5-6-12-36/h1-12,37-39H,13-33H2. The van der Waals surface area contributed by atoms with Gasteiger partial charge in [-0.1, -0.05) is 0 Å². The van der Waals surface area contributed by atoms with Gasteiger partial charge < -0.3 is 30.2 Å². The zero-order valence-electron chi connectivity index (χ0n) is 30.1. The molecule has 0 atom stereocenters. The van der Waals surface area contributed by atoms with Crippen molar-refractivity contribution in [2.75, 3.05) is 133 Å². The predicted molar refractivity (Wildman–Crippen MR) is 205 cm³/mol. The average Bonchev–Trinajstić information content (AvgIpc) is 3.91. The molecule has 293 valence electrons. The number of ether oxygens (including phenoxy) is 3. The van der Waals surface area contributed by atoms with Crippen LogP contribution < -0.4 is 16.0 Å². The van der Waals surface area contributed by atoms with Gasteiger partial charge in [-0.05, 0) is 77.0 Å². The molecule has 0 unspecified atom stereocenters. The molecule has 3 saturated carbocycles. The first-order chi connectivity index (χ1) is 25.0. The maximum Gasteiger partial charge on any atom is 0.153 e. The van der Waals surface area contributed by atoms with Gasteiger partial charge in [0.05, 0.1) is 74.2 Å². The van der Waals surface area contributed by atoms with Gasteiger partial charge in [0.2, 0.25) is 0 Å². The summed E-state index contributed by atoms with van der Waals surface area (Å²) in [5, 5.41) is 9.63. The van der Waals surface area contributed by atoms with Crippen molar-refractivity contribution in [2.24, 2.45) is 0 Å². The molecule has 13 nitrogen and oxygen atoms in total. The molecule has 3 aliphatic carbocycles. The van der Waals surface area contributed by atoms with Crippen LogP contribution in [0.15, 0.2) is 0 Å². The Balaban J connectivity index is 1.29. The lowest BCUT2D eigenvalue weighted by atomic mass is 10.1. The third-order valence-corrected chi connectivity index (χ3v) is 13.0. The summed E-state index contributed by atoms with van der Waals surface area (Å²) >= 11 is 0. The fourth-order valence-electron chi connectivity index (χ4n) is 5.07. The Morgan fingerprint density at radius 3 is 0.942 bits per heavy atom. The minimum absolute atomic E-state index is 0.00983. The zero-order valence-corrected chi connectivity index (χ0v) is 32.6. The lowest BCUT2D eigenvalue weighted by Gasteiger charge is -2.23. The van der Waals surface area contributed by atoms with E-state index in [9.17, 15) is 25.3 Å². The fraction of sp³-hybridized carbons (Fsp3) is 0.583. The maximum absolute atomic E-state index is 12.4. The Morgan fingerprint density at radius 2 is 0.673 bits per heavy atom. The second-order valence-electron chi connectivity index (χ2n) is 12.6. The van der Waals surface area contributed by atoms with E-state index in [1.54, 1.807) is 0 Å². The van der Waals surface area contributed by atoms with E-state index in [2.05, 4.69) is 20.9 Å². The molecule has 0 aromatic carbocycles. The van der Waals surface area contributed by atoms with Gasteiger partial charge in [-0.2, -0.15) is 0 Å². The largest absolute Gasteiger partial charge is 0.380 e. The quantitative estimate of drug-likeness (QED) is 0.0734. The molecule has 3 rings (SSSR count). The van der Waals surface area contributed by atoms with Gasteiger partial charge in [-0.25, -0.2) is 25.3 Å². The highest BCUT2D eigenvalue weighted by Gasteiger charge is 2.20. The number of hydrogen-bond donors (Lipinski definition) is 3. The van der Waals surface area contributed by atoms with Crippen LogP contribution in [0.5, 0.6) is 0 Å². The molecule has 52 heavy (non-hydrogen) atoms. The number of hydrogen-bond acceptors (Lipinski definition) is 13. The molecule has 3 aliphatic rings. The highest BCUT2D eigenvalue weighted by Crippen LogP contribution is 2.24. The Kier molecular flexibility index (Phi) is 23.4. The van der Waals surface area contributed by atoms with Crippen LogP contribution in [0.3, 0.4) is 0 Å². The van der Waals surface area contributed by atoms with E-state index < -0.39 is 29.5 Å². The van der Waals surface area contributed by atoms with Gasteiger partial charge in [0.25, 0.3) is 0 Å². The number of sulfone groups is 3. The van der Waals surface area contributed by atoms with E-state index in [1.165, 1.54) is 0 Å². The van der Waals surface area contributed by atoms with Crippen LogP contribution in [0.1, 0.15) is 0 Å². The first kappa shape index (κ1) is 46.0. The van der Waals surface area contributed by atoms with Crippen LogP contribution in [0.2, 0.25) is 0 Å². The molecule has 15 radical (unpaired) electrons. The fourth-order valence-corrected chi connectivity index (χ4v) is 8.16. The summed E-state index contributed by atoms with van der Waals surface area (Å²) in [5.41, 5.74) is 0. The van der Waals surface area contributed by atoms with E-state index in [0.717, 1.165) is 17.8 Å². The van der Waals surface area contributed by atoms with E-state index in [1.807, 2.05) is 77.0 Å². The van der Waals surface area contributed by atoms with Crippen molar-refractivity contribution in [2.45, 2.75) is 0 Å². The molecule has 0 spiro atoms. The molecule has 0 heterocycles. The zero-order chi connectivity index (χ0) is 37.4. The molecule has 0 amide bonds. The average molecular weight is 786 g/mol. The number of nitrogens with zero attached hydrogens (tertiary/aromatic N) is 1. The Hall–Kier alpha value is -0.430. The molecule has 0 aromatic heterocycles. The van der Waals surface area contributed by atoms with Crippen LogP contribution in [-0.4, -0.2) is 163 Å². The third kappa shape index (κ3) is 22.8. The highest BCUT2D eigenvalue weighted by molar-refractivity contribution is 7.91.